The van der Waals surface area contributed by atoms with Crippen molar-refractivity contribution in [1.82, 2.24) is 29.9 Å². The van der Waals surface area contributed by atoms with Crippen LogP contribution in [0, 0.1) is 0 Å². The molecule has 2 aromatic rings. The van der Waals surface area contributed by atoms with Crippen LogP contribution in [0.1, 0.15) is 37.1 Å². The molecule has 0 bridgehead atoms. The van der Waals surface area contributed by atoms with Gasteiger partial charge in [0.25, 0.3) is 0 Å². The van der Waals surface area contributed by atoms with E-state index in [0.29, 0.717) is 0 Å². The minimum atomic E-state index is 0.0187. The molecule has 0 saturated heterocycles. The summed E-state index contributed by atoms with van der Waals surface area (Å²) in [7, 11) is 3.83. The summed E-state index contributed by atoms with van der Waals surface area (Å²) in [5.41, 5.74) is 2.24. The number of aromatic nitrogens is 5. The Kier molecular flexibility index (Phi) is 3.76. The predicted octanol–water partition coefficient (Wildman–Crippen LogP) is 0.903. The standard InChI is InChI=1S/C12H20N6/c1-5-9-7-10(18(6-2)16-9)11(13-3)12-14-8-15-17(12)4/h7-8,11,13H,5-6H2,1-4H3. The quantitative estimate of drug-likeness (QED) is 0.854. The van der Waals surface area contributed by atoms with Gasteiger partial charge in [-0.1, -0.05) is 6.92 Å². The molecule has 0 aromatic carbocycles. The van der Waals surface area contributed by atoms with E-state index in [9.17, 15) is 0 Å². The lowest BCUT2D eigenvalue weighted by Gasteiger charge is -2.16. The smallest absolute Gasteiger partial charge is 0.149 e. The van der Waals surface area contributed by atoms with Crippen LogP contribution < -0.4 is 5.32 Å². The van der Waals surface area contributed by atoms with Crippen molar-refractivity contribution < 1.29 is 0 Å². The molecule has 2 heterocycles. The topological polar surface area (TPSA) is 60.6 Å². The second-order valence-electron chi connectivity index (χ2n) is 4.19. The maximum absolute atomic E-state index is 4.57. The second kappa shape index (κ2) is 5.30. The zero-order valence-corrected chi connectivity index (χ0v) is 11.4. The predicted molar refractivity (Wildman–Crippen MR) is 69.2 cm³/mol. The first kappa shape index (κ1) is 12.8. The van der Waals surface area contributed by atoms with Gasteiger partial charge in [0.1, 0.15) is 18.2 Å². The maximum atomic E-state index is 4.57. The van der Waals surface area contributed by atoms with Crippen LogP contribution in [-0.2, 0) is 20.0 Å². The lowest BCUT2D eigenvalue weighted by molar-refractivity contribution is 0.524. The molecular weight excluding hydrogens is 228 g/mol. The van der Waals surface area contributed by atoms with E-state index in [-0.39, 0.29) is 6.04 Å². The van der Waals surface area contributed by atoms with Gasteiger partial charge in [-0.05, 0) is 26.5 Å². The van der Waals surface area contributed by atoms with Crippen molar-refractivity contribution in [1.29, 1.82) is 0 Å². The number of nitrogens with one attached hydrogen (secondary N) is 1. The summed E-state index contributed by atoms with van der Waals surface area (Å²) in [6, 6.07) is 2.16. The third-order valence-corrected chi connectivity index (χ3v) is 3.11. The van der Waals surface area contributed by atoms with Gasteiger partial charge < -0.3 is 5.32 Å². The Morgan fingerprint density at radius 2 is 2.17 bits per heavy atom. The Morgan fingerprint density at radius 3 is 2.67 bits per heavy atom. The molecule has 0 spiro atoms. The van der Waals surface area contributed by atoms with Crippen LogP contribution in [0.25, 0.3) is 0 Å². The zero-order valence-electron chi connectivity index (χ0n) is 11.4. The minimum absolute atomic E-state index is 0.0187. The largest absolute Gasteiger partial charge is 0.305 e. The second-order valence-corrected chi connectivity index (χ2v) is 4.19. The Morgan fingerprint density at radius 1 is 1.39 bits per heavy atom. The van der Waals surface area contributed by atoms with Gasteiger partial charge >= 0.3 is 0 Å². The lowest BCUT2D eigenvalue weighted by atomic mass is 10.1. The van der Waals surface area contributed by atoms with E-state index >= 15 is 0 Å². The van der Waals surface area contributed by atoms with E-state index in [1.54, 1.807) is 11.0 Å². The monoisotopic (exact) mass is 248 g/mol. The van der Waals surface area contributed by atoms with Crippen LogP contribution in [0.5, 0.6) is 0 Å². The third kappa shape index (κ3) is 2.15. The van der Waals surface area contributed by atoms with Crippen LogP contribution in [0.2, 0.25) is 0 Å². The molecule has 1 unspecified atom stereocenters. The normalized spacial score (nSPS) is 12.9. The fraction of sp³-hybridized carbons (Fsp3) is 0.583. The highest BCUT2D eigenvalue weighted by atomic mass is 15.3. The van der Waals surface area contributed by atoms with E-state index in [2.05, 4.69) is 40.4 Å². The van der Waals surface area contributed by atoms with Crippen molar-refractivity contribution in [2.45, 2.75) is 32.9 Å². The summed E-state index contributed by atoms with van der Waals surface area (Å²) >= 11 is 0. The molecular formula is C12H20N6. The molecule has 1 atom stereocenters. The fourth-order valence-electron chi connectivity index (χ4n) is 2.12. The molecule has 0 aliphatic carbocycles. The fourth-order valence-corrected chi connectivity index (χ4v) is 2.12. The van der Waals surface area contributed by atoms with Gasteiger partial charge in [-0.3, -0.25) is 9.36 Å². The van der Waals surface area contributed by atoms with E-state index in [0.717, 1.165) is 30.2 Å². The summed E-state index contributed by atoms with van der Waals surface area (Å²) in [5.74, 6) is 0.898. The number of aryl methyl sites for hydroxylation is 3. The van der Waals surface area contributed by atoms with Gasteiger partial charge in [-0.15, -0.1) is 0 Å². The summed E-state index contributed by atoms with van der Waals surface area (Å²) < 4.78 is 3.81. The Hall–Kier alpha value is -1.69. The first-order chi connectivity index (χ1) is 8.71. The van der Waals surface area contributed by atoms with Gasteiger partial charge in [-0.25, -0.2) is 4.98 Å². The number of nitrogens with zero attached hydrogens (tertiary/aromatic N) is 5. The van der Waals surface area contributed by atoms with Crippen molar-refractivity contribution >= 4 is 0 Å². The summed E-state index contributed by atoms with van der Waals surface area (Å²) in [4.78, 5) is 4.32. The van der Waals surface area contributed by atoms with Crippen molar-refractivity contribution in [2.24, 2.45) is 7.05 Å². The third-order valence-electron chi connectivity index (χ3n) is 3.11. The Balaban J connectivity index is 2.44. The molecule has 98 valence electrons. The number of hydrogen-bond donors (Lipinski definition) is 1. The lowest BCUT2D eigenvalue weighted by Crippen LogP contribution is -2.24. The molecule has 0 aliphatic heterocycles. The maximum Gasteiger partial charge on any atom is 0.149 e. The van der Waals surface area contributed by atoms with Crippen LogP contribution in [-0.4, -0.2) is 31.6 Å². The Labute approximate surface area is 107 Å². The molecule has 1 N–H and O–H groups in total. The minimum Gasteiger partial charge on any atom is -0.305 e. The summed E-state index contributed by atoms with van der Waals surface area (Å²) in [6.07, 6.45) is 2.52. The van der Waals surface area contributed by atoms with Crippen molar-refractivity contribution in [3.05, 3.63) is 29.6 Å². The summed E-state index contributed by atoms with van der Waals surface area (Å²) in [6.45, 7) is 5.06. The molecule has 0 fully saturated rings. The van der Waals surface area contributed by atoms with Crippen LogP contribution >= 0.6 is 0 Å². The first-order valence-electron chi connectivity index (χ1n) is 6.29. The summed E-state index contributed by atoms with van der Waals surface area (Å²) in [5, 5.41) is 12.0. The van der Waals surface area contributed by atoms with Crippen molar-refractivity contribution in [2.75, 3.05) is 7.05 Å². The van der Waals surface area contributed by atoms with Gasteiger partial charge in [-0.2, -0.15) is 10.2 Å². The number of rotatable bonds is 5. The van der Waals surface area contributed by atoms with Crippen LogP contribution in [0.15, 0.2) is 12.4 Å². The van der Waals surface area contributed by atoms with E-state index in [1.165, 1.54) is 0 Å². The Bertz CT molecular complexity index is 512. The van der Waals surface area contributed by atoms with Crippen molar-refractivity contribution in [3.63, 3.8) is 0 Å². The highest BCUT2D eigenvalue weighted by Gasteiger charge is 2.21. The van der Waals surface area contributed by atoms with Gasteiger partial charge in [0.2, 0.25) is 0 Å². The van der Waals surface area contributed by atoms with Gasteiger partial charge in [0, 0.05) is 13.6 Å². The highest BCUT2D eigenvalue weighted by molar-refractivity contribution is 5.20. The average molecular weight is 248 g/mol. The van der Waals surface area contributed by atoms with Crippen LogP contribution in [0.3, 0.4) is 0 Å². The molecule has 2 aromatic heterocycles. The van der Waals surface area contributed by atoms with E-state index in [4.69, 9.17) is 0 Å². The average Bonchev–Trinajstić information content (AvgIpc) is 2.98. The van der Waals surface area contributed by atoms with Crippen molar-refractivity contribution in [3.8, 4) is 0 Å². The zero-order chi connectivity index (χ0) is 13.1. The van der Waals surface area contributed by atoms with Crippen LogP contribution in [0.4, 0.5) is 0 Å². The molecule has 18 heavy (non-hydrogen) atoms. The first-order valence-corrected chi connectivity index (χ1v) is 6.29. The molecule has 0 amide bonds. The molecule has 2 rings (SSSR count). The van der Waals surface area contributed by atoms with E-state index < -0.39 is 0 Å². The molecule has 0 saturated carbocycles. The van der Waals surface area contributed by atoms with Gasteiger partial charge in [0.15, 0.2) is 0 Å². The van der Waals surface area contributed by atoms with Gasteiger partial charge in [0.05, 0.1) is 11.4 Å². The number of hydrogen-bond acceptors (Lipinski definition) is 4. The highest BCUT2D eigenvalue weighted by Crippen LogP contribution is 2.20. The SMILES string of the molecule is CCc1cc(C(NC)c2ncnn2C)n(CC)n1. The molecule has 0 aliphatic rings. The van der Waals surface area contributed by atoms with E-state index in [1.807, 2.05) is 18.8 Å². The molecule has 6 nitrogen and oxygen atoms in total. The molecule has 0 radical (unpaired) electrons. The molecule has 6 heteroatoms.